The van der Waals surface area contributed by atoms with Crippen molar-refractivity contribution in [3.05, 3.63) is 57.6 Å². The zero-order chi connectivity index (χ0) is 15.4. The minimum absolute atomic E-state index is 0.0996. The summed E-state index contributed by atoms with van der Waals surface area (Å²) in [5, 5.41) is 13.4. The van der Waals surface area contributed by atoms with Crippen LogP contribution in [-0.4, -0.2) is 17.2 Å². The minimum Gasteiger partial charge on any atom is -0.505 e. The molecule has 0 unspecified atom stereocenters. The van der Waals surface area contributed by atoms with Crippen LogP contribution in [0, 0.1) is 0 Å². The van der Waals surface area contributed by atoms with E-state index in [1.54, 1.807) is 24.3 Å². The fourth-order valence-corrected chi connectivity index (χ4v) is 2.09. The van der Waals surface area contributed by atoms with Gasteiger partial charge in [-0.2, -0.15) is 5.10 Å². The first-order valence-electron chi connectivity index (χ1n) is 5.85. The summed E-state index contributed by atoms with van der Waals surface area (Å²) in [6.07, 6.45) is 1.36. The van der Waals surface area contributed by atoms with E-state index < -0.39 is 5.91 Å². The van der Waals surface area contributed by atoms with Crippen LogP contribution in [0.3, 0.4) is 0 Å². The van der Waals surface area contributed by atoms with Crippen LogP contribution in [0.1, 0.15) is 15.9 Å². The Morgan fingerprint density at radius 1 is 1.24 bits per heavy atom. The normalized spacial score (nSPS) is 10.8. The summed E-state index contributed by atoms with van der Waals surface area (Å²) >= 11 is 11.6. The SMILES string of the molecule is Nc1ccccc1C(=O)N/N=C\c1cc(Cl)c(O)c(Cl)c1. The average Bonchev–Trinajstić information content (AvgIpc) is 2.45. The summed E-state index contributed by atoms with van der Waals surface area (Å²) in [5.74, 6) is -0.628. The lowest BCUT2D eigenvalue weighted by atomic mass is 10.2. The molecular formula is C14H11Cl2N3O2. The average molecular weight is 324 g/mol. The van der Waals surface area contributed by atoms with E-state index in [1.807, 2.05) is 0 Å². The number of halogens is 2. The quantitative estimate of drug-likeness (QED) is 0.461. The Labute approximate surface area is 131 Å². The second-order valence-corrected chi connectivity index (χ2v) is 4.93. The zero-order valence-corrected chi connectivity index (χ0v) is 12.2. The summed E-state index contributed by atoms with van der Waals surface area (Å²) < 4.78 is 0. The van der Waals surface area contributed by atoms with E-state index in [9.17, 15) is 9.90 Å². The van der Waals surface area contributed by atoms with Gasteiger partial charge in [0, 0.05) is 5.69 Å². The van der Waals surface area contributed by atoms with Gasteiger partial charge in [-0.15, -0.1) is 0 Å². The molecule has 0 saturated heterocycles. The largest absolute Gasteiger partial charge is 0.505 e. The van der Waals surface area contributed by atoms with Crippen molar-refractivity contribution in [2.45, 2.75) is 0 Å². The number of amides is 1. The number of phenolic OH excluding ortho intramolecular Hbond substituents is 1. The minimum atomic E-state index is -0.430. The molecule has 0 aliphatic heterocycles. The van der Waals surface area contributed by atoms with Gasteiger partial charge < -0.3 is 10.8 Å². The molecule has 0 atom stereocenters. The Bertz CT molecular complexity index is 694. The van der Waals surface area contributed by atoms with Crippen molar-refractivity contribution in [2.24, 2.45) is 5.10 Å². The van der Waals surface area contributed by atoms with Crippen molar-refractivity contribution in [3.8, 4) is 5.75 Å². The van der Waals surface area contributed by atoms with Crippen LogP contribution in [0.4, 0.5) is 5.69 Å². The van der Waals surface area contributed by atoms with Gasteiger partial charge in [0.25, 0.3) is 5.91 Å². The van der Waals surface area contributed by atoms with Crippen molar-refractivity contribution >= 4 is 41.0 Å². The fraction of sp³-hybridized carbons (Fsp3) is 0. The molecule has 4 N–H and O–H groups in total. The predicted octanol–water partition coefficient (Wildman–Crippen LogP) is 3.05. The number of nitrogens with zero attached hydrogens (tertiary/aromatic N) is 1. The third-order valence-corrected chi connectivity index (χ3v) is 3.20. The number of phenols is 1. The van der Waals surface area contributed by atoms with E-state index >= 15 is 0 Å². The van der Waals surface area contributed by atoms with E-state index in [-0.39, 0.29) is 15.8 Å². The lowest BCUT2D eigenvalue weighted by Gasteiger charge is -2.03. The first kappa shape index (κ1) is 15.2. The van der Waals surface area contributed by atoms with Crippen LogP contribution in [0.15, 0.2) is 41.5 Å². The smallest absolute Gasteiger partial charge is 0.273 e. The molecule has 0 radical (unpaired) electrons. The van der Waals surface area contributed by atoms with Crippen LogP contribution >= 0.6 is 23.2 Å². The summed E-state index contributed by atoms with van der Waals surface area (Å²) in [4.78, 5) is 11.8. The summed E-state index contributed by atoms with van der Waals surface area (Å²) in [7, 11) is 0. The van der Waals surface area contributed by atoms with Crippen molar-refractivity contribution < 1.29 is 9.90 Å². The highest BCUT2D eigenvalue weighted by atomic mass is 35.5. The van der Waals surface area contributed by atoms with E-state index in [1.165, 1.54) is 18.3 Å². The maximum atomic E-state index is 11.8. The molecule has 0 heterocycles. The van der Waals surface area contributed by atoms with E-state index in [4.69, 9.17) is 28.9 Å². The lowest BCUT2D eigenvalue weighted by molar-refractivity contribution is 0.0956. The Kier molecular flexibility index (Phi) is 4.67. The molecule has 1 amide bonds. The van der Waals surface area contributed by atoms with Gasteiger partial charge in [0.1, 0.15) is 0 Å². The predicted molar refractivity (Wildman–Crippen MR) is 84.0 cm³/mol. The number of nitrogen functional groups attached to an aromatic ring is 1. The number of nitrogens with two attached hydrogens (primary N) is 1. The van der Waals surface area contributed by atoms with Crippen molar-refractivity contribution in [3.63, 3.8) is 0 Å². The van der Waals surface area contributed by atoms with Gasteiger partial charge in [0.2, 0.25) is 0 Å². The molecule has 2 rings (SSSR count). The zero-order valence-electron chi connectivity index (χ0n) is 10.7. The van der Waals surface area contributed by atoms with Crippen molar-refractivity contribution in [1.82, 2.24) is 5.43 Å². The highest BCUT2D eigenvalue weighted by Gasteiger charge is 2.08. The number of hydrazone groups is 1. The third kappa shape index (κ3) is 3.65. The molecular weight excluding hydrogens is 313 g/mol. The van der Waals surface area contributed by atoms with Gasteiger partial charge in [-0.05, 0) is 29.8 Å². The Hall–Kier alpha value is -2.24. The lowest BCUT2D eigenvalue weighted by Crippen LogP contribution is -2.18. The molecule has 7 heteroatoms. The standard InChI is InChI=1S/C14H11Cl2N3O2/c15-10-5-8(6-11(16)13(10)20)7-18-19-14(21)9-3-1-2-4-12(9)17/h1-7,20H,17H2,(H,19,21)/b18-7-. The molecule has 108 valence electrons. The monoisotopic (exact) mass is 323 g/mol. The Balaban J connectivity index is 2.10. The number of para-hydroxylation sites is 1. The highest BCUT2D eigenvalue weighted by Crippen LogP contribution is 2.32. The van der Waals surface area contributed by atoms with Crippen LogP contribution in [-0.2, 0) is 0 Å². The highest BCUT2D eigenvalue weighted by molar-refractivity contribution is 6.37. The number of hydrogen-bond acceptors (Lipinski definition) is 4. The molecule has 0 aliphatic rings. The molecule has 0 bridgehead atoms. The van der Waals surface area contributed by atoms with Crippen molar-refractivity contribution in [1.29, 1.82) is 0 Å². The molecule has 2 aromatic carbocycles. The maximum Gasteiger partial charge on any atom is 0.273 e. The van der Waals surface area contributed by atoms with Gasteiger partial charge in [0.05, 0.1) is 21.8 Å². The van der Waals surface area contributed by atoms with E-state index in [2.05, 4.69) is 10.5 Å². The van der Waals surface area contributed by atoms with E-state index in [0.29, 0.717) is 16.8 Å². The first-order chi connectivity index (χ1) is 9.99. The maximum absolute atomic E-state index is 11.8. The van der Waals surface area contributed by atoms with Gasteiger partial charge >= 0.3 is 0 Å². The third-order valence-electron chi connectivity index (χ3n) is 2.62. The number of aromatic hydroxyl groups is 1. The van der Waals surface area contributed by atoms with Gasteiger partial charge in [0.15, 0.2) is 5.75 Å². The molecule has 2 aromatic rings. The molecule has 0 fully saturated rings. The number of hydrogen-bond donors (Lipinski definition) is 3. The molecule has 0 aliphatic carbocycles. The van der Waals surface area contributed by atoms with Gasteiger partial charge in [-0.1, -0.05) is 35.3 Å². The molecule has 21 heavy (non-hydrogen) atoms. The number of anilines is 1. The molecule has 0 spiro atoms. The number of carbonyl (C=O) groups is 1. The van der Waals surface area contributed by atoms with Gasteiger partial charge in [-0.3, -0.25) is 4.79 Å². The fourth-order valence-electron chi connectivity index (χ4n) is 1.59. The topological polar surface area (TPSA) is 87.7 Å². The Morgan fingerprint density at radius 3 is 2.48 bits per heavy atom. The molecule has 0 aromatic heterocycles. The number of nitrogens with one attached hydrogen (secondary N) is 1. The second kappa shape index (κ2) is 6.47. The second-order valence-electron chi connectivity index (χ2n) is 4.12. The number of rotatable bonds is 3. The summed E-state index contributed by atoms with van der Waals surface area (Å²) in [5.41, 5.74) is 9.25. The van der Waals surface area contributed by atoms with Gasteiger partial charge in [-0.25, -0.2) is 5.43 Å². The van der Waals surface area contributed by atoms with Crippen molar-refractivity contribution in [2.75, 3.05) is 5.73 Å². The molecule has 5 nitrogen and oxygen atoms in total. The Morgan fingerprint density at radius 2 is 1.86 bits per heavy atom. The van der Waals surface area contributed by atoms with Crippen LogP contribution in [0.25, 0.3) is 0 Å². The first-order valence-corrected chi connectivity index (χ1v) is 6.60. The van der Waals surface area contributed by atoms with E-state index in [0.717, 1.165) is 0 Å². The van der Waals surface area contributed by atoms with Crippen LogP contribution in [0.2, 0.25) is 10.0 Å². The number of carbonyl (C=O) groups excluding carboxylic acids is 1. The summed E-state index contributed by atoms with van der Waals surface area (Å²) in [6.45, 7) is 0. The summed E-state index contributed by atoms with van der Waals surface area (Å²) in [6, 6.07) is 9.58. The number of benzene rings is 2. The van der Waals surface area contributed by atoms with Crippen LogP contribution in [0.5, 0.6) is 5.75 Å². The molecule has 0 saturated carbocycles. The van der Waals surface area contributed by atoms with Crippen LogP contribution < -0.4 is 11.2 Å².